The Hall–Kier alpha value is -2.56. The number of allylic oxidation sites excluding steroid dienone is 1. The number of fused-ring (bicyclic) bond motifs is 2. The molecule has 1 heterocycles. The number of aliphatic hydroxyl groups excluding tert-OH is 1. The fraction of sp³-hybridized carbons (Fsp3) is 0.593. The number of hydrogen-bond acceptors (Lipinski definition) is 3. The predicted molar refractivity (Wildman–Crippen MR) is 130 cm³/mol. The molecular weight excluding hydrogens is 410 g/mol. The lowest BCUT2D eigenvalue weighted by Gasteiger charge is -2.55. The Morgan fingerprint density at radius 1 is 1.24 bits per heavy atom. The van der Waals surface area contributed by atoms with Gasteiger partial charge in [-0.05, 0) is 96.3 Å². The third kappa shape index (κ3) is 3.51. The van der Waals surface area contributed by atoms with Gasteiger partial charge in [-0.3, -0.25) is 0 Å². The first-order chi connectivity index (χ1) is 15.9. The Kier molecular flexibility index (Phi) is 5.62. The van der Waals surface area contributed by atoms with Crippen LogP contribution in [-0.2, 0) is 12.8 Å². The molecule has 6 heteroatoms. The molecule has 1 N–H and O–H groups in total. The number of azide groups is 1. The maximum absolute atomic E-state index is 10.5. The summed E-state index contributed by atoms with van der Waals surface area (Å²) in [7, 11) is 0. The molecule has 3 aliphatic rings. The standard InChI is InChI=1S/C27H35N5O/c1-18-9-10-23-22(15-29-31-28)24(11-12-26(18,23)2)27(3)14-19-16-32(21-7-5-4-6-8-21)30-25(19)13-20(27)17-33/h4-8,16,20,22-24,33H,1,9-15,17H2,2-3H3/t20-,22?,23?,24?,26?,27-/m1/s1. The third-order valence-corrected chi connectivity index (χ3v) is 9.66. The van der Waals surface area contributed by atoms with Crippen molar-refractivity contribution in [1.82, 2.24) is 9.78 Å². The summed E-state index contributed by atoms with van der Waals surface area (Å²) in [5, 5.41) is 19.5. The number of aliphatic hydroxyl groups is 1. The zero-order chi connectivity index (χ0) is 23.2. The van der Waals surface area contributed by atoms with E-state index < -0.39 is 0 Å². The summed E-state index contributed by atoms with van der Waals surface area (Å²) in [6.07, 6.45) is 8.32. The van der Waals surface area contributed by atoms with Gasteiger partial charge in [-0.1, -0.05) is 49.3 Å². The highest BCUT2D eigenvalue weighted by Crippen LogP contribution is 2.63. The SMILES string of the molecule is C=C1CCC2C(CN=[N+]=[N-])C([C@]3(C)Cc4cn(-c5ccccc5)nc4C[C@@H]3CO)CCC12C. The van der Waals surface area contributed by atoms with Crippen LogP contribution in [0.25, 0.3) is 16.1 Å². The predicted octanol–water partition coefficient (Wildman–Crippen LogP) is 5.89. The Labute approximate surface area is 196 Å². The van der Waals surface area contributed by atoms with Crippen LogP contribution in [-0.4, -0.2) is 28.0 Å². The largest absolute Gasteiger partial charge is 0.396 e. The van der Waals surface area contributed by atoms with Crippen LogP contribution in [0.4, 0.5) is 0 Å². The monoisotopic (exact) mass is 445 g/mol. The molecule has 33 heavy (non-hydrogen) atoms. The Morgan fingerprint density at radius 2 is 2.03 bits per heavy atom. The summed E-state index contributed by atoms with van der Waals surface area (Å²) in [6.45, 7) is 9.87. The molecule has 2 aromatic rings. The van der Waals surface area contributed by atoms with Crippen molar-refractivity contribution in [3.8, 4) is 5.69 Å². The van der Waals surface area contributed by atoms with Gasteiger partial charge >= 0.3 is 0 Å². The first-order valence-corrected chi connectivity index (χ1v) is 12.3. The molecule has 0 amide bonds. The van der Waals surface area contributed by atoms with Crippen LogP contribution < -0.4 is 0 Å². The molecular formula is C27H35N5O. The van der Waals surface area contributed by atoms with Crippen molar-refractivity contribution in [1.29, 1.82) is 0 Å². The smallest absolute Gasteiger partial charge is 0.0665 e. The molecule has 174 valence electrons. The number of benzene rings is 1. The van der Waals surface area contributed by atoms with Crippen molar-refractivity contribution in [2.24, 2.45) is 39.6 Å². The van der Waals surface area contributed by atoms with Crippen molar-refractivity contribution in [3.63, 3.8) is 0 Å². The van der Waals surface area contributed by atoms with Gasteiger partial charge in [0.25, 0.3) is 0 Å². The fourth-order valence-electron chi connectivity index (χ4n) is 7.60. The molecule has 0 saturated heterocycles. The van der Waals surface area contributed by atoms with E-state index in [0.717, 1.165) is 49.9 Å². The van der Waals surface area contributed by atoms with Crippen LogP contribution in [0, 0.1) is 34.5 Å². The van der Waals surface area contributed by atoms with E-state index in [4.69, 9.17) is 10.6 Å². The summed E-state index contributed by atoms with van der Waals surface area (Å²) in [5.41, 5.74) is 14.1. The van der Waals surface area contributed by atoms with E-state index in [2.05, 4.69) is 48.8 Å². The van der Waals surface area contributed by atoms with E-state index in [0.29, 0.717) is 24.3 Å². The third-order valence-electron chi connectivity index (χ3n) is 9.66. The average Bonchev–Trinajstić information content (AvgIpc) is 3.37. The normalized spacial score (nSPS) is 35.5. The van der Waals surface area contributed by atoms with Gasteiger partial charge in [-0.15, -0.1) is 0 Å². The number of para-hydroxylation sites is 1. The van der Waals surface area contributed by atoms with Crippen LogP contribution in [0.3, 0.4) is 0 Å². The van der Waals surface area contributed by atoms with E-state index in [9.17, 15) is 5.11 Å². The van der Waals surface area contributed by atoms with Crippen LogP contribution in [0.2, 0.25) is 0 Å². The Balaban J connectivity index is 1.51. The van der Waals surface area contributed by atoms with Gasteiger partial charge in [-0.25, -0.2) is 4.68 Å². The highest BCUT2D eigenvalue weighted by molar-refractivity contribution is 5.35. The van der Waals surface area contributed by atoms with Crippen LogP contribution in [0.1, 0.15) is 50.8 Å². The molecule has 0 spiro atoms. The highest BCUT2D eigenvalue weighted by atomic mass is 16.3. The van der Waals surface area contributed by atoms with E-state index >= 15 is 0 Å². The van der Waals surface area contributed by atoms with Crippen LogP contribution in [0.15, 0.2) is 53.8 Å². The minimum atomic E-state index is -0.0623. The molecule has 2 fully saturated rings. The molecule has 5 rings (SSSR count). The van der Waals surface area contributed by atoms with Gasteiger partial charge in [0.1, 0.15) is 0 Å². The minimum Gasteiger partial charge on any atom is -0.396 e. The first-order valence-electron chi connectivity index (χ1n) is 12.3. The molecule has 4 unspecified atom stereocenters. The summed E-state index contributed by atoms with van der Waals surface area (Å²) < 4.78 is 1.99. The topological polar surface area (TPSA) is 86.8 Å². The zero-order valence-electron chi connectivity index (χ0n) is 19.8. The summed E-state index contributed by atoms with van der Waals surface area (Å²) in [4.78, 5) is 3.14. The number of hydrogen-bond donors (Lipinski definition) is 1. The summed E-state index contributed by atoms with van der Waals surface area (Å²) in [6, 6.07) is 10.2. The van der Waals surface area contributed by atoms with Gasteiger partial charge in [0, 0.05) is 24.3 Å². The van der Waals surface area contributed by atoms with Crippen LogP contribution >= 0.6 is 0 Å². The number of nitrogens with zero attached hydrogens (tertiary/aromatic N) is 5. The van der Waals surface area contributed by atoms with E-state index in [1.54, 1.807) is 0 Å². The van der Waals surface area contributed by atoms with Crippen molar-refractivity contribution < 1.29 is 5.11 Å². The molecule has 1 aromatic carbocycles. The average molecular weight is 446 g/mol. The Bertz CT molecular complexity index is 1090. The van der Waals surface area contributed by atoms with E-state index in [1.165, 1.54) is 11.1 Å². The second-order valence-corrected chi connectivity index (χ2v) is 11.0. The summed E-state index contributed by atoms with van der Waals surface area (Å²) in [5.74, 6) is 1.37. The van der Waals surface area contributed by atoms with Crippen LogP contribution in [0.5, 0.6) is 0 Å². The van der Waals surface area contributed by atoms with Crippen molar-refractivity contribution in [2.45, 2.75) is 52.4 Å². The van der Waals surface area contributed by atoms with Gasteiger partial charge < -0.3 is 5.11 Å². The second kappa shape index (κ2) is 8.34. The minimum absolute atomic E-state index is 0.0623. The zero-order valence-corrected chi connectivity index (χ0v) is 19.8. The van der Waals surface area contributed by atoms with Crippen molar-refractivity contribution in [3.05, 3.63) is 70.4 Å². The molecule has 1 aromatic heterocycles. The van der Waals surface area contributed by atoms with E-state index in [1.807, 2.05) is 22.9 Å². The maximum Gasteiger partial charge on any atom is 0.0665 e. The molecule has 2 saturated carbocycles. The molecule has 0 radical (unpaired) electrons. The molecule has 0 bridgehead atoms. The summed E-state index contributed by atoms with van der Waals surface area (Å²) >= 11 is 0. The lowest BCUT2D eigenvalue weighted by molar-refractivity contribution is -0.0535. The lowest BCUT2D eigenvalue weighted by Crippen LogP contribution is -2.52. The van der Waals surface area contributed by atoms with Crippen molar-refractivity contribution in [2.75, 3.05) is 13.2 Å². The number of rotatable bonds is 5. The van der Waals surface area contributed by atoms with Crippen molar-refractivity contribution >= 4 is 0 Å². The quantitative estimate of drug-likeness (QED) is 0.269. The molecule has 6 atom stereocenters. The number of aromatic nitrogens is 2. The van der Waals surface area contributed by atoms with Gasteiger partial charge in [0.15, 0.2) is 0 Å². The second-order valence-electron chi connectivity index (χ2n) is 11.0. The molecule has 6 nitrogen and oxygen atoms in total. The lowest BCUT2D eigenvalue weighted by atomic mass is 9.49. The molecule has 3 aliphatic carbocycles. The molecule has 0 aliphatic heterocycles. The first kappa shape index (κ1) is 22.2. The fourth-order valence-corrected chi connectivity index (χ4v) is 7.60. The highest BCUT2D eigenvalue weighted by Gasteiger charge is 2.56. The van der Waals surface area contributed by atoms with Gasteiger partial charge in [0.05, 0.1) is 11.4 Å². The van der Waals surface area contributed by atoms with Gasteiger partial charge in [-0.2, -0.15) is 5.10 Å². The van der Waals surface area contributed by atoms with E-state index in [-0.39, 0.29) is 23.4 Å². The van der Waals surface area contributed by atoms with Gasteiger partial charge in [0.2, 0.25) is 0 Å². The Morgan fingerprint density at radius 3 is 2.76 bits per heavy atom. The maximum atomic E-state index is 10.5.